The van der Waals surface area contributed by atoms with Gasteiger partial charge in [0.15, 0.2) is 0 Å². The van der Waals surface area contributed by atoms with Crippen LogP contribution in [0.1, 0.15) is 36.8 Å². The molecule has 0 unspecified atom stereocenters. The summed E-state index contributed by atoms with van der Waals surface area (Å²) in [5.74, 6) is -0.364. The van der Waals surface area contributed by atoms with Gasteiger partial charge in [-0.05, 0) is 92.1 Å². The van der Waals surface area contributed by atoms with Crippen LogP contribution in [0.15, 0.2) is 42.6 Å². The number of halogens is 2. The van der Waals surface area contributed by atoms with Crippen molar-refractivity contribution in [3.8, 4) is 5.75 Å². The molecule has 2 aromatic carbocycles. The Labute approximate surface area is 211 Å². The summed E-state index contributed by atoms with van der Waals surface area (Å²) in [6.45, 7) is 3.79. The predicted octanol–water partition coefficient (Wildman–Crippen LogP) is 4.49. The van der Waals surface area contributed by atoms with Gasteiger partial charge in [-0.1, -0.05) is 0 Å². The molecular formula is C28H36F2N4O2. The highest BCUT2D eigenvalue weighted by molar-refractivity contribution is 5.84. The summed E-state index contributed by atoms with van der Waals surface area (Å²) in [5, 5.41) is 14.5. The number of aliphatic hydroxyl groups excluding tert-OH is 1. The van der Waals surface area contributed by atoms with Crippen molar-refractivity contribution in [1.82, 2.24) is 9.88 Å². The molecule has 0 bridgehead atoms. The number of pyridine rings is 1. The molecule has 36 heavy (non-hydrogen) atoms. The number of aryl methyl sites for hydroxylation is 1. The average molecular weight is 499 g/mol. The number of hydrogen-bond donors (Lipinski definition) is 3. The highest BCUT2D eigenvalue weighted by Crippen LogP contribution is 2.37. The number of fused-ring (bicyclic) bond motifs is 1. The van der Waals surface area contributed by atoms with Crippen LogP contribution in [0.3, 0.4) is 0 Å². The number of benzene rings is 2. The lowest BCUT2D eigenvalue weighted by atomic mass is 9.75. The Bertz CT molecular complexity index is 1140. The molecule has 0 atom stereocenters. The maximum Gasteiger partial charge on any atom is 0.128 e. The maximum atomic E-state index is 13.4. The minimum atomic E-state index is -0.583. The number of methoxy groups -OCH3 is 1. The molecule has 194 valence electrons. The van der Waals surface area contributed by atoms with Crippen molar-refractivity contribution < 1.29 is 18.6 Å². The van der Waals surface area contributed by atoms with Crippen LogP contribution in [0.2, 0.25) is 0 Å². The lowest BCUT2D eigenvalue weighted by Crippen LogP contribution is -2.43. The summed E-state index contributed by atoms with van der Waals surface area (Å²) in [6.07, 6.45) is 6.49. The number of likely N-dealkylation sites (tertiary alicyclic amines) is 1. The van der Waals surface area contributed by atoms with Crippen LogP contribution in [-0.4, -0.2) is 54.9 Å². The van der Waals surface area contributed by atoms with Gasteiger partial charge in [-0.3, -0.25) is 4.98 Å². The van der Waals surface area contributed by atoms with Crippen LogP contribution in [-0.2, 0) is 13.0 Å². The standard InChI is InChI=1S/C28H36F2N4O2/c1-36-24-4-5-27-26(16-24)25(20(17-31)18-33-27)3-2-6-28(19-35)7-10-34(11-8-28)12-9-32-23-14-21(29)13-22(30)15-23/h4-5,13-16,18,32,35H,2-3,6-12,17,19,31H2,1H3. The molecule has 6 nitrogen and oxygen atoms in total. The SMILES string of the molecule is COc1ccc2ncc(CN)c(CCCC3(CO)CCN(CCNc4cc(F)cc(F)c4)CC3)c2c1. The molecule has 2 heterocycles. The number of hydrogen-bond acceptors (Lipinski definition) is 6. The van der Waals surface area contributed by atoms with E-state index in [1.54, 1.807) is 7.11 Å². The molecule has 0 saturated carbocycles. The van der Waals surface area contributed by atoms with Crippen molar-refractivity contribution >= 4 is 16.6 Å². The molecule has 0 aliphatic carbocycles. The van der Waals surface area contributed by atoms with Gasteiger partial charge in [-0.15, -0.1) is 0 Å². The summed E-state index contributed by atoms with van der Waals surface area (Å²) in [4.78, 5) is 6.89. The first-order valence-corrected chi connectivity index (χ1v) is 12.6. The van der Waals surface area contributed by atoms with E-state index in [9.17, 15) is 13.9 Å². The Hall–Kier alpha value is -2.81. The maximum absolute atomic E-state index is 13.4. The molecule has 0 amide bonds. The van der Waals surface area contributed by atoms with Crippen LogP contribution in [0.25, 0.3) is 10.9 Å². The summed E-state index contributed by atoms with van der Waals surface area (Å²) in [7, 11) is 1.66. The number of aliphatic hydroxyl groups is 1. The van der Waals surface area contributed by atoms with Crippen molar-refractivity contribution in [2.45, 2.75) is 38.6 Å². The van der Waals surface area contributed by atoms with E-state index in [0.717, 1.165) is 80.0 Å². The lowest BCUT2D eigenvalue weighted by Gasteiger charge is -2.41. The highest BCUT2D eigenvalue weighted by Gasteiger charge is 2.33. The fraction of sp³-hybridized carbons (Fsp3) is 0.464. The van der Waals surface area contributed by atoms with Gasteiger partial charge in [0.05, 0.1) is 12.6 Å². The first-order chi connectivity index (χ1) is 17.4. The minimum Gasteiger partial charge on any atom is -0.497 e. The largest absolute Gasteiger partial charge is 0.497 e. The molecule has 3 aromatic rings. The highest BCUT2D eigenvalue weighted by atomic mass is 19.1. The van der Waals surface area contributed by atoms with E-state index in [1.807, 2.05) is 24.4 Å². The zero-order valence-corrected chi connectivity index (χ0v) is 20.9. The number of nitrogens with one attached hydrogen (secondary N) is 1. The van der Waals surface area contributed by atoms with E-state index < -0.39 is 11.6 Å². The molecule has 8 heteroatoms. The number of rotatable bonds is 11. The minimum absolute atomic E-state index is 0.0843. The summed E-state index contributed by atoms with van der Waals surface area (Å²) >= 11 is 0. The number of nitrogens with zero attached hydrogens (tertiary/aromatic N) is 2. The second kappa shape index (κ2) is 12.0. The van der Waals surface area contributed by atoms with Gasteiger partial charge >= 0.3 is 0 Å². The second-order valence-electron chi connectivity index (χ2n) is 9.79. The van der Waals surface area contributed by atoms with Gasteiger partial charge in [-0.2, -0.15) is 0 Å². The van der Waals surface area contributed by atoms with E-state index in [4.69, 9.17) is 10.5 Å². The molecular weight excluding hydrogens is 462 g/mol. The van der Waals surface area contributed by atoms with E-state index in [2.05, 4.69) is 15.2 Å². The van der Waals surface area contributed by atoms with Crippen molar-refractivity contribution in [1.29, 1.82) is 0 Å². The summed E-state index contributed by atoms with van der Waals surface area (Å²) in [5.41, 5.74) is 9.59. The number of aromatic nitrogens is 1. The number of nitrogens with two attached hydrogens (primary N) is 1. The zero-order valence-electron chi connectivity index (χ0n) is 20.9. The molecule has 1 fully saturated rings. The molecule has 0 radical (unpaired) electrons. The third-order valence-corrected chi connectivity index (χ3v) is 7.50. The van der Waals surface area contributed by atoms with E-state index in [0.29, 0.717) is 18.8 Å². The third-order valence-electron chi connectivity index (χ3n) is 7.50. The van der Waals surface area contributed by atoms with Crippen LogP contribution < -0.4 is 15.8 Å². The van der Waals surface area contributed by atoms with Crippen molar-refractivity contribution in [3.05, 3.63) is 65.4 Å². The van der Waals surface area contributed by atoms with E-state index >= 15 is 0 Å². The Kier molecular flexibility index (Phi) is 8.72. The number of anilines is 1. The van der Waals surface area contributed by atoms with Gasteiger partial charge < -0.3 is 25.8 Å². The van der Waals surface area contributed by atoms with Gasteiger partial charge in [0, 0.05) is 49.6 Å². The van der Waals surface area contributed by atoms with E-state index in [-0.39, 0.29) is 12.0 Å². The van der Waals surface area contributed by atoms with Crippen molar-refractivity contribution in [2.24, 2.45) is 11.1 Å². The predicted molar refractivity (Wildman–Crippen MR) is 139 cm³/mol. The van der Waals surface area contributed by atoms with Crippen LogP contribution in [0, 0.1) is 17.0 Å². The average Bonchev–Trinajstić information content (AvgIpc) is 2.89. The first-order valence-electron chi connectivity index (χ1n) is 12.6. The molecule has 1 aromatic heterocycles. The van der Waals surface area contributed by atoms with Crippen LogP contribution in [0.4, 0.5) is 14.5 Å². The van der Waals surface area contributed by atoms with Gasteiger partial charge in [0.25, 0.3) is 0 Å². The van der Waals surface area contributed by atoms with Crippen molar-refractivity contribution in [3.63, 3.8) is 0 Å². The van der Waals surface area contributed by atoms with Crippen molar-refractivity contribution in [2.75, 3.05) is 45.2 Å². The smallest absolute Gasteiger partial charge is 0.128 e. The normalized spacial score (nSPS) is 15.8. The molecule has 4 N–H and O–H groups in total. The molecule has 1 saturated heterocycles. The first kappa shape index (κ1) is 26.3. The Morgan fingerprint density at radius 3 is 2.56 bits per heavy atom. The fourth-order valence-electron chi connectivity index (χ4n) is 5.26. The lowest BCUT2D eigenvalue weighted by molar-refractivity contribution is 0.0370. The Morgan fingerprint density at radius 1 is 1.14 bits per heavy atom. The van der Waals surface area contributed by atoms with Gasteiger partial charge in [0.2, 0.25) is 0 Å². The zero-order chi connectivity index (χ0) is 25.5. The molecule has 1 aliphatic rings. The molecule has 0 spiro atoms. The summed E-state index contributed by atoms with van der Waals surface area (Å²) in [6, 6.07) is 9.39. The summed E-state index contributed by atoms with van der Waals surface area (Å²) < 4.78 is 32.2. The Balaban J connectivity index is 1.31. The monoisotopic (exact) mass is 498 g/mol. The number of piperidine rings is 1. The van der Waals surface area contributed by atoms with E-state index in [1.165, 1.54) is 17.7 Å². The van der Waals surface area contributed by atoms with Crippen LogP contribution >= 0.6 is 0 Å². The molecule has 4 rings (SSSR count). The van der Waals surface area contributed by atoms with Gasteiger partial charge in [-0.25, -0.2) is 8.78 Å². The fourth-order valence-corrected chi connectivity index (χ4v) is 5.26. The van der Waals surface area contributed by atoms with Gasteiger partial charge in [0.1, 0.15) is 17.4 Å². The second-order valence-corrected chi connectivity index (χ2v) is 9.79. The van der Waals surface area contributed by atoms with Crippen LogP contribution in [0.5, 0.6) is 5.75 Å². The molecule has 1 aliphatic heterocycles. The quantitative estimate of drug-likeness (QED) is 0.361. The third kappa shape index (κ3) is 6.30. The number of ether oxygens (including phenoxy) is 1. The topological polar surface area (TPSA) is 83.6 Å². The Morgan fingerprint density at radius 2 is 1.89 bits per heavy atom.